The molecular formula is C15H20N2O2. The molecule has 1 aliphatic rings. The summed E-state index contributed by atoms with van der Waals surface area (Å²) >= 11 is 0. The van der Waals surface area contributed by atoms with Gasteiger partial charge in [0.2, 0.25) is 11.8 Å². The molecule has 1 unspecified atom stereocenters. The fourth-order valence-corrected chi connectivity index (χ4v) is 2.31. The maximum Gasteiger partial charge on any atom is 0.245 e. The van der Waals surface area contributed by atoms with Gasteiger partial charge < -0.3 is 10.2 Å². The lowest BCUT2D eigenvalue weighted by molar-refractivity contribution is -0.145. The van der Waals surface area contributed by atoms with E-state index in [2.05, 4.69) is 5.32 Å². The summed E-state index contributed by atoms with van der Waals surface area (Å²) in [7, 11) is 0. The molecule has 0 saturated carbocycles. The summed E-state index contributed by atoms with van der Waals surface area (Å²) in [5, 5.41) is 2.76. The van der Waals surface area contributed by atoms with Crippen molar-refractivity contribution in [1.29, 1.82) is 0 Å². The van der Waals surface area contributed by atoms with E-state index >= 15 is 0 Å². The number of hydrogen-bond donors (Lipinski definition) is 1. The number of nitrogens with one attached hydrogen (secondary N) is 1. The SMILES string of the molecule is CCCC1NC(=O)CN(Cc2ccc(C)cc2)C1=O. The molecule has 1 aromatic carbocycles. The fraction of sp³-hybridized carbons (Fsp3) is 0.467. The van der Waals surface area contributed by atoms with Gasteiger partial charge in [0.1, 0.15) is 6.04 Å². The van der Waals surface area contributed by atoms with E-state index in [0.717, 1.165) is 12.0 Å². The summed E-state index contributed by atoms with van der Waals surface area (Å²) in [6.07, 6.45) is 1.59. The normalized spacial score (nSPS) is 19.5. The summed E-state index contributed by atoms with van der Waals surface area (Å²) in [5.41, 5.74) is 2.25. The minimum atomic E-state index is -0.350. The summed E-state index contributed by atoms with van der Waals surface area (Å²) in [4.78, 5) is 25.5. The second kappa shape index (κ2) is 5.87. The van der Waals surface area contributed by atoms with Gasteiger partial charge in [0.05, 0.1) is 6.54 Å². The van der Waals surface area contributed by atoms with Gasteiger partial charge in [0.15, 0.2) is 0 Å². The Bertz CT molecular complexity index is 468. The zero-order valence-electron chi connectivity index (χ0n) is 11.5. The molecule has 1 fully saturated rings. The monoisotopic (exact) mass is 260 g/mol. The van der Waals surface area contributed by atoms with Crippen LogP contribution in [0.3, 0.4) is 0 Å². The fourth-order valence-electron chi connectivity index (χ4n) is 2.31. The van der Waals surface area contributed by atoms with Crippen LogP contribution in [0.25, 0.3) is 0 Å². The highest BCUT2D eigenvalue weighted by Crippen LogP contribution is 2.12. The van der Waals surface area contributed by atoms with E-state index < -0.39 is 0 Å². The van der Waals surface area contributed by atoms with Gasteiger partial charge >= 0.3 is 0 Å². The minimum absolute atomic E-state index is 0.0297. The molecule has 2 amide bonds. The van der Waals surface area contributed by atoms with Crippen molar-refractivity contribution >= 4 is 11.8 Å². The van der Waals surface area contributed by atoms with Gasteiger partial charge in [-0.1, -0.05) is 43.2 Å². The predicted molar refractivity (Wildman–Crippen MR) is 73.4 cm³/mol. The highest BCUT2D eigenvalue weighted by atomic mass is 16.2. The van der Waals surface area contributed by atoms with Crippen LogP contribution in [0.2, 0.25) is 0 Å². The molecule has 0 aliphatic carbocycles. The summed E-state index contributed by atoms with van der Waals surface area (Å²) in [5.74, 6) is -0.0350. The van der Waals surface area contributed by atoms with Crippen molar-refractivity contribution in [3.8, 4) is 0 Å². The number of nitrogens with zero attached hydrogens (tertiary/aromatic N) is 1. The summed E-state index contributed by atoms with van der Waals surface area (Å²) in [6.45, 7) is 4.71. The van der Waals surface area contributed by atoms with Gasteiger partial charge in [0.25, 0.3) is 0 Å². The lowest BCUT2D eigenvalue weighted by Crippen LogP contribution is -2.57. The van der Waals surface area contributed by atoms with Crippen LogP contribution in [0, 0.1) is 6.92 Å². The topological polar surface area (TPSA) is 49.4 Å². The minimum Gasteiger partial charge on any atom is -0.343 e. The third-order valence-electron chi connectivity index (χ3n) is 3.35. The second-order valence-corrected chi connectivity index (χ2v) is 5.09. The van der Waals surface area contributed by atoms with Gasteiger partial charge in [-0.25, -0.2) is 0 Å². The van der Waals surface area contributed by atoms with Crippen LogP contribution >= 0.6 is 0 Å². The average molecular weight is 260 g/mol. The molecule has 1 heterocycles. The lowest BCUT2D eigenvalue weighted by Gasteiger charge is -2.32. The van der Waals surface area contributed by atoms with Crippen molar-refractivity contribution < 1.29 is 9.59 Å². The predicted octanol–water partition coefficient (Wildman–Crippen LogP) is 1.62. The number of piperazine rings is 1. The van der Waals surface area contributed by atoms with Crippen molar-refractivity contribution in [3.63, 3.8) is 0 Å². The van der Waals surface area contributed by atoms with Gasteiger partial charge in [0, 0.05) is 6.54 Å². The Labute approximate surface area is 113 Å². The zero-order valence-corrected chi connectivity index (χ0v) is 11.5. The molecule has 0 spiro atoms. The third-order valence-corrected chi connectivity index (χ3v) is 3.35. The molecule has 1 aromatic rings. The van der Waals surface area contributed by atoms with Crippen LogP contribution in [0.5, 0.6) is 0 Å². The number of rotatable bonds is 4. The van der Waals surface area contributed by atoms with Crippen LogP contribution in [-0.2, 0) is 16.1 Å². The number of carbonyl (C=O) groups is 2. The molecule has 0 aromatic heterocycles. The highest BCUT2D eigenvalue weighted by Gasteiger charge is 2.31. The van der Waals surface area contributed by atoms with Gasteiger partial charge in [-0.2, -0.15) is 0 Å². The van der Waals surface area contributed by atoms with E-state index in [0.29, 0.717) is 13.0 Å². The largest absolute Gasteiger partial charge is 0.343 e. The Kier molecular flexibility index (Phi) is 4.20. The van der Waals surface area contributed by atoms with Crippen LogP contribution in [0.4, 0.5) is 0 Å². The number of aryl methyl sites for hydroxylation is 1. The zero-order chi connectivity index (χ0) is 13.8. The number of hydrogen-bond acceptors (Lipinski definition) is 2. The van der Waals surface area contributed by atoms with Gasteiger partial charge in [-0.3, -0.25) is 9.59 Å². The van der Waals surface area contributed by atoms with Gasteiger partial charge in [-0.05, 0) is 18.9 Å². The Morgan fingerprint density at radius 2 is 1.95 bits per heavy atom. The van der Waals surface area contributed by atoms with E-state index in [-0.39, 0.29) is 24.4 Å². The molecule has 1 aliphatic heterocycles. The average Bonchev–Trinajstić information content (AvgIpc) is 2.38. The van der Waals surface area contributed by atoms with E-state index in [1.807, 2.05) is 38.1 Å². The molecule has 1 N–H and O–H groups in total. The van der Waals surface area contributed by atoms with Crippen molar-refractivity contribution in [3.05, 3.63) is 35.4 Å². The Balaban J connectivity index is 2.07. The first-order chi connectivity index (χ1) is 9.10. The van der Waals surface area contributed by atoms with Crippen molar-refractivity contribution in [2.75, 3.05) is 6.54 Å². The summed E-state index contributed by atoms with van der Waals surface area (Å²) < 4.78 is 0. The first kappa shape index (κ1) is 13.6. The molecule has 0 bridgehead atoms. The number of amides is 2. The summed E-state index contributed by atoms with van der Waals surface area (Å²) in [6, 6.07) is 7.70. The van der Waals surface area contributed by atoms with Crippen LogP contribution < -0.4 is 5.32 Å². The molecule has 1 saturated heterocycles. The van der Waals surface area contributed by atoms with Crippen molar-refractivity contribution in [1.82, 2.24) is 10.2 Å². The smallest absolute Gasteiger partial charge is 0.245 e. The Morgan fingerprint density at radius 1 is 1.26 bits per heavy atom. The molecule has 1 atom stereocenters. The molecular weight excluding hydrogens is 240 g/mol. The lowest BCUT2D eigenvalue weighted by atomic mass is 10.1. The van der Waals surface area contributed by atoms with Crippen molar-refractivity contribution in [2.45, 2.75) is 39.3 Å². The van der Waals surface area contributed by atoms with Crippen LogP contribution in [0.1, 0.15) is 30.9 Å². The number of benzene rings is 1. The Morgan fingerprint density at radius 3 is 2.58 bits per heavy atom. The standard InChI is InChI=1S/C15H20N2O2/c1-3-4-13-15(19)17(10-14(18)16-13)9-12-7-5-11(2)6-8-12/h5-8,13H,3-4,9-10H2,1-2H3,(H,16,18). The maximum absolute atomic E-state index is 12.2. The molecule has 0 radical (unpaired) electrons. The first-order valence-corrected chi connectivity index (χ1v) is 6.74. The quantitative estimate of drug-likeness (QED) is 0.894. The van der Waals surface area contributed by atoms with E-state index in [1.165, 1.54) is 5.56 Å². The van der Waals surface area contributed by atoms with Gasteiger partial charge in [-0.15, -0.1) is 0 Å². The van der Waals surface area contributed by atoms with E-state index in [4.69, 9.17) is 0 Å². The first-order valence-electron chi connectivity index (χ1n) is 6.74. The van der Waals surface area contributed by atoms with E-state index in [1.54, 1.807) is 4.90 Å². The molecule has 102 valence electrons. The molecule has 4 nitrogen and oxygen atoms in total. The third kappa shape index (κ3) is 3.34. The van der Waals surface area contributed by atoms with E-state index in [9.17, 15) is 9.59 Å². The van der Waals surface area contributed by atoms with Crippen LogP contribution in [0.15, 0.2) is 24.3 Å². The number of carbonyl (C=O) groups excluding carboxylic acids is 2. The molecule has 2 rings (SSSR count). The highest BCUT2D eigenvalue weighted by molar-refractivity contribution is 5.94. The second-order valence-electron chi connectivity index (χ2n) is 5.09. The Hall–Kier alpha value is -1.84. The van der Waals surface area contributed by atoms with Crippen molar-refractivity contribution in [2.24, 2.45) is 0 Å². The molecule has 19 heavy (non-hydrogen) atoms. The molecule has 4 heteroatoms. The maximum atomic E-state index is 12.2. The van der Waals surface area contributed by atoms with Crippen LogP contribution in [-0.4, -0.2) is 29.3 Å².